The zero-order valence-corrected chi connectivity index (χ0v) is 9.49. The lowest BCUT2D eigenvalue weighted by Crippen LogP contribution is -1.83. The summed E-state index contributed by atoms with van der Waals surface area (Å²) in [7, 11) is 0. The minimum Gasteiger partial charge on any atom is -0.249 e. The third-order valence-electron chi connectivity index (χ3n) is 1.46. The maximum atomic E-state index is 4.27. The number of pyridine rings is 1. The summed E-state index contributed by atoms with van der Waals surface area (Å²) in [5.41, 5.74) is 0. The first kappa shape index (κ1) is 10.1. The number of thioether (sulfide) groups is 1. The zero-order chi connectivity index (χ0) is 8.81. The Kier molecular flexibility index (Phi) is 4.69. The molecule has 1 aromatic rings. The van der Waals surface area contributed by atoms with E-state index in [2.05, 4.69) is 27.8 Å². The average Bonchev–Trinajstić information content (AvgIpc) is 2.09. The van der Waals surface area contributed by atoms with Crippen molar-refractivity contribution in [3.05, 3.63) is 22.8 Å². The Labute approximate surface area is 86.1 Å². The molecule has 0 atom stereocenters. The molecule has 0 saturated heterocycles. The van der Waals surface area contributed by atoms with Gasteiger partial charge in [-0.3, -0.25) is 0 Å². The van der Waals surface area contributed by atoms with Crippen LogP contribution in [0.2, 0.25) is 0 Å². The lowest BCUT2D eigenvalue weighted by molar-refractivity contribution is 0.894. The van der Waals surface area contributed by atoms with E-state index in [1.165, 1.54) is 12.8 Å². The molecule has 0 bridgehead atoms. The lowest BCUT2D eigenvalue weighted by Gasteiger charge is -2.00. The first-order valence-electron chi connectivity index (χ1n) is 4.08. The first-order chi connectivity index (χ1) is 5.84. The van der Waals surface area contributed by atoms with Gasteiger partial charge in [0.05, 0.1) is 0 Å². The van der Waals surface area contributed by atoms with Crippen molar-refractivity contribution in [3.63, 3.8) is 0 Å². The van der Waals surface area contributed by atoms with Crippen LogP contribution in [-0.2, 0) is 0 Å². The fourth-order valence-corrected chi connectivity index (χ4v) is 2.36. The number of unbranched alkanes of at least 4 members (excludes halogenated alkanes) is 1. The maximum Gasteiger partial charge on any atom is 0.110 e. The molecule has 0 unspecified atom stereocenters. The largest absolute Gasteiger partial charge is 0.249 e. The molecule has 0 radical (unpaired) electrons. The summed E-state index contributed by atoms with van der Waals surface area (Å²) in [6, 6.07) is 3.97. The molecule has 1 nitrogen and oxygen atoms in total. The standard InChI is InChI=1S/C9H12BrNS/c1-2-3-7-12-9-8(10)5-4-6-11-9/h4-6H,2-3,7H2,1H3. The second-order valence-electron chi connectivity index (χ2n) is 2.49. The summed E-state index contributed by atoms with van der Waals surface area (Å²) in [5.74, 6) is 1.16. The summed E-state index contributed by atoms with van der Waals surface area (Å²) in [6.07, 6.45) is 4.34. The van der Waals surface area contributed by atoms with Crippen LogP contribution in [0.4, 0.5) is 0 Å². The van der Waals surface area contributed by atoms with Gasteiger partial charge in [0.15, 0.2) is 0 Å². The van der Waals surface area contributed by atoms with E-state index < -0.39 is 0 Å². The van der Waals surface area contributed by atoms with Gasteiger partial charge in [0.2, 0.25) is 0 Å². The Bertz CT molecular complexity index is 240. The maximum absolute atomic E-state index is 4.27. The van der Waals surface area contributed by atoms with Gasteiger partial charge >= 0.3 is 0 Å². The highest BCUT2D eigenvalue weighted by Gasteiger charge is 1.98. The monoisotopic (exact) mass is 245 g/mol. The molecular weight excluding hydrogens is 234 g/mol. The number of nitrogens with zero attached hydrogens (tertiary/aromatic N) is 1. The molecule has 66 valence electrons. The van der Waals surface area contributed by atoms with Gasteiger partial charge < -0.3 is 0 Å². The summed E-state index contributed by atoms with van der Waals surface area (Å²) < 4.78 is 1.10. The van der Waals surface area contributed by atoms with Crippen molar-refractivity contribution in [2.45, 2.75) is 24.8 Å². The first-order valence-corrected chi connectivity index (χ1v) is 5.85. The molecule has 1 rings (SSSR count). The fourth-order valence-electron chi connectivity index (χ4n) is 0.791. The minimum atomic E-state index is 1.10. The molecule has 0 spiro atoms. The van der Waals surface area contributed by atoms with Gasteiger partial charge in [-0.05, 0) is 40.2 Å². The molecule has 12 heavy (non-hydrogen) atoms. The summed E-state index contributed by atoms with van der Waals surface area (Å²) >= 11 is 5.28. The fraction of sp³-hybridized carbons (Fsp3) is 0.444. The molecule has 1 aromatic heterocycles. The quantitative estimate of drug-likeness (QED) is 0.593. The van der Waals surface area contributed by atoms with E-state index in [1.807, 2.05) is 30.1 Å². The van der Waals surface area contributed by atoms with Crippen molar-refractivity contribution >= 4 is 27.7 Å². The highest BCUT2D eigenvalue weighted by molar-refractivity contribution is 9.10. The van der Waals surface area contributed by atoms with Crippen molar-refractivity contribution in [1.82, 2.24) is 4.98 Å². The van der Waals surface area contributed by atoms with Crippen LogP contribution in [0.3, 0.4) is 0 Å². The Morgan fingerprint density at radius 2 is 2.42 bits per heavy atom. The van der Waals surface area contributed by atoms with Crippen molar-refractivity contribution < 1.29 is 0 Å². The van der Waals surface area contributed by atoms with Gasteiger partial charge in [-0.2, -0.15) is 0 Å². The SMILES string of the molecule is CCCCSc1ncccc1Br. The number of rotatable bonds is 4. The van der Waals surface area contributed by atoms with E-state index in [-0.39, 0.29) is 0 Å². The van der Waals surface area contributed by atoms with Gasteiger partial charge in [0, 0.05) is 10.7 Å². The van der Waals surface area contributed by atoms with E-state index >= 15 is 0 Å². The molecule has 0 N–H and O–H groups in total. The molecule has 0 amide bonds. The summed E-state index contributed by atoms with van der Waals surface area (Å²) in [5, 5.41) is 1.10. The Balaban J connectivity index is 2.46. The molecular formula is C9H12BrNS. The Morgan fingerprint density at radius 3 is 3.08 bits per heavy atom. The highest BCUT2D eigenvalue weighted by atomic mass is 79.9. The van der Waals surface area contributed by atoms with Crippen molar-refractivity contribution in [1.29, 1.82) is 0 Å². The van der Waals surface area contributed by atoms with Gasteiger partial charge in [0.1, 0.15) is 5.03 Å². The molecule has 0 fully saturated rings. The van der Waals surface area contributed by atoms with Crippen LogP contribution in [0, 0.1) is 0 Å². The predicted octanol–water partition coefficient (Wildman–Crippen LogP) is 3.74. The highest BCUT2D eigenvalue weighted by Crippen LogP contribution is 2.24. The number of halogens is 1. The smallest absolute Gasteiger partial charge is 0.110 e. The summed E-state index contributed by atoms with van der Waals surface area (Å²) in [6.45, 7) is 2.20. The van der Waals surface area contributed by atoms with Gasteiger partial charge in [-0.1, -0.05) is 13.3 Å². The number of aromatic nitrogens is 1. The number of hydrogen-bond acceptors (Lipinski definition) is 2. The van der Waals surface area contributed by atoms with Crippen LogP contribution in [0.1, 0.15) is 19.8 Å². The van der Waals surface area contributed by atoms with Crippen LogP contribution in [0.5, 0.6) is 0 Å². The summed E-state index contributed by atoms with van der Waals surface area (Å²) in [4.78, 5) is 4.27. The predicted molar refractivity (Wildman–Crippen MR) is 57.6 cm³/mol. The van der Waals surface area contributed by atoms with Crippen LogP contribution < -0.4 is 0 Å². The van der Waals surface area contributed by atoms with Gasteiger partial charge in [-0.25, -0.2) is 4.98 Å². The molecule has 3 heteroatoms. The van der Waals surface area contributed by atoms with Crippen LogP contribution in [-0.4, -0.2) is 10.7 Å². The molecule has 0 saturated carbocycles. The average molecular weight is 246 g/mol. The lowest BCUT2D eigenvalue weighted by atomic mass is 10.4. The third kappa shape index (κ3) is 3.15. The second-order valence-corrected chi connectivity index (χ2v) is 4.43. The molecule has 0 aliphatic heterocycles. The van der Waals surface area contributed by atoms with E-state index in [9.17, 15) is 0 Å². The Hall–Kier alpha value is -0.0200. The second kappa shape index (κ2) is 5.60. The van der Waals surface area contributed by atoms with Crippen molar-refractivity contribution in [2.24, 2.45) is 0 Å². The van der Waals surface area contributed by atoms with E-state index in [4.69, 9.17) is 0 Å². The van der Waals surface area contributed by atoms with E-state index in [0.29, 0.717) is 0 Å². The van der Waals surface area contributed by atoms with Crippen molar-refractivity contribution in [2.75, 3.05) is 5.75 Å². The van der Waals surface area contributed by atoms with E-state index in [0.717, 1.165) is 15.3 Å². The number of hydrogen-bond donors (Lipinski definition) is 0. The van der Waals surface area contributed by atoms with E-state index in [1.54, 1.807) is 0 Å². The molecule has 0 aliphatic carbocycles. The zero-order valence-electron chi connectivity index (χ0n) is 7.09. The van der Waals surface area contributed by atoms with Gasteiger partial charge in [-0.15, -0.1) is 11.8 Å². The molecule has 1 heterocycles. The minimum absolute atomic E-state index is 1.10. The topological polar surface area (TPSA) is 12.9 Å². The van der Waals surface area contributed by atoms with Crippen LogP contribution in [0.25, 0.3) is 0 Å². The van der Waals surface area contributed by atoms with Crippen LogP contribution in [0.15, 0.2) is 27.8 Å². The van der Waals surface area contributed by atoms with Crippen LogP contribution >= 0.6 is 27.7 Å². The molecule has 0 aromatic carbocycles. The third-order valence-corrected chi connectivity index (χ3v) is 3.46. The normalized spacial score (nSPS) is 10.2. The Morgan fingerprint density at radius 1 is 1.58 bits per heavy atom. The molecule has 0 aliphatic rings. The van der Waals surface area contributed by atoms with Crippen molar-refractivity contribution in [3.8, 4) is 0 Å². The van der Waals surface area contributed by atoms with Gasteiger partial charge in [0.25, 0.3) is 0 Å².